The van der Waals surface area contributed by atoms with Gasteiger partial charge >= 0.3 is 0 Å². The van der Waals surface area contributed by atoms with Crippen molar-refractivity contribution in [3.05, 3.63) is 64.0 Å². The summed E-state index contributed by atoms with van der Waals surface area (Å²) in [5, 5.41) is 22.3. The summed E-state index contributed by atoms with van der Waals surface area (Å²) in [7, 11) is 1.59. The highest BCUT2D eigenvalue weighted by molar-refractivity contribution is 6.06. The number of hydrogen-bond acceptors (Lipinski definition) is 8. The highest BCUT2D eigenvalue weighted by Crippen LogP contribution is 2.42. The number of carbonyl (C=O) groups is 2. The molecule has 0 bridgehead atoms. The average molecular weight is 560 g/mol. The van der Waals surface area contributed by atoms with Crippen molar-refractivity contribution in [3.63, 3.8) is 0 Å². The second-order valence-corrected chi connectivity index (χ2v) is 11.4. The number of Topliss-reactive ketones (excluding diaryl/α,β-unsaturated/α-hetero) is 1. The van der Waals surface area contributed by atoms with Crippen LogP contribution in [0, 0.1) is 5.41 Å². The highest BCUT2D eigenvalue weighted by Gasteiger charge is 2.32. The predicted octanol–water partition coefficient (Wildman–Crippen LogP) is 3.21. The second kappa shape index (κ2) is 11.2. The fourth-order valence-electron chi connectivity index (χ4n) is 5.32. The predicted molar refractivity (Wildman–Crippen MR) is 155 cm³/mol. The van der Waals surface area contributed by atoms with Crippen LogP contribution < -0.4 is 19.7 Å². The quantitative estimate of drug-likeness (QED) is 0.340. The van der Waals surface area contributed by atoms with Crippen molar-refractivity contribution in [2.75, 3.05) is 38.3 Å². The lowest BCUT2D eigenvalue weighted by Gasteiger charge is -2.35. The van der Waals surface area contributed by atoms with Gasteiger partial charge in [0.05, 0.1) is 44.5 Å². The molecule has 3 heterocycles. The smallest absolute Gasteiger partial charge is 0.224 e. The minimum Gasteiger partial charge on any atom is -0.494 e. The van der Waals surface area contributed by atoms with Crippen molar-refractivity contribution in [1.82, 2.24) is 25.6 Å². The van der Waals surface area contributed by atoms with Gasteiger partial charge in [-0.2, -0.15) is 15.4 Å². The SMILES string of the molecule is CCOc1cc2c(cc1CC(=O)NC)C(=N)N(CC(=O)c1cc3c(c(C(C)(C)C)c1)OCCN3Cc1cn[nH]n1)C2. The number of benzene rings is 2. The molecule has 2 aliphatic heterocycles. The fraction of sp³-hybridized carbons (Fsp3) is 0.433. The van der Waals surface area contributed by atoms with Crippen LogP contribution in [0.2, 0.25) is 0 Å². The van der Waals surface area contributed by atoms with Gasteiger partial charge in [-0.25, -0.2) is 0 Å². The normalized spacial score (nSPS) is 14.4. The molecule has 0 aliphatic carbocycles. The molecule has 2 aliphatic rings. The molecule has 2 aromatic carbocycles. The highest BCUT2D eigenvalue weighted by atomic mass is 16.5. The lowest BCUT2D eigenvalue weighted by atomic mass is 9.84. The molecular formula is C30H37N7O4. The number of hydrogen-bond donors (Lipinski definition) is 3. The van der Waals surface area contributed by atoms with Gasteiger partial charge in [-0.1, -0.05) is 20.8 Å². The van der Waals surface area contributed by atoms with Gasteiger partial charge in [0.2, 0.25) is 5.91 Å². The number of amides is 1. The van der Waals surface area contributed by atoms with E-state index in [1.54, 1.807) is 18.1 Å². The molecule has 3 aromatic rings. The van der Waals surface area contributed by atoms with Crippen LogP contribution in [0.5, 0.6) is 11.5 Å². The van der Waals surface area contributed by atoms with Crippen molar-refractivity contribution < 1.29 is 19.1 Å². The summed E-state index contributed by atoms with van der Waals surface area (Å²) in [5.41, 5.74) is 5.27. The van der Waals surface area contributed by atoms with Crippen molar-refractivity contribution in [1.29, 1.82) is 5.41 Å². The number of ether oxygens (including phenoxy) is 2. The number of nitrogens with zero attached hydrogens (tertiary/aromatic N) is 4. The molecule has 1 aromatic heterocycles. The Kier molecular flexibility index (Phi) is 7.70. The van der Waals surface area contributed by atoms with Crippen molar-refractivity contribution in [2.45, 2.75) is 52.6 Å². The van der Waals surface area contributed by atoms with Crippen LogP contribution in [0.3, 0.4) is 0 Å². The van der Waals surface area contributed by atoms with Crippen LogP contribution in [-0.4, -0.2) is 71.2 Å². The van der Waals surface area contributed by atoms with Crippen LogP contribution >= 0.6 is 0 Å². The van der Waals surface area contributed by atoms with Gasteiger partial charge < -0.3 is 24.6 Å². The molecule has 41 heavy (non-hydrogen) atoms. The molecule has 11 heteroatoms. The van der Waals surface area contributed by atoms with Crippen LogP contribution in [0.15, 0.2) is 30.5 Å². The number of carbonyl (C=O) groups excluding carboxylic acids is 2. The van der Waals surface area contributed by atoms with Gasteiger partial charge in [0.15, 0.2) is 5.78 Å². The van der Waals surface area contributed by atoms with Gasteiger partial charge in [-0.15, -0.1) is 0 Å². The first-order chi connectivity index (χ1) is 19.6. The van der Waals surface area contributed by atoms with E-state index in [1.165, 1.54) is 0 Å². The maximum atomic E-state index is 13.8. The molecule has 0 saturated carbocycles. The van der Waals surface area contributed by atoms with Gasteiger partial charge in [-0.05, 0) is 42.2 Å². The van der Waals surface area contributed by atoms with Crippen LogP contribution in [-0.2, 0) is 29.7 Å². The number of aromatic nitrogens is 3. The molecule has 3 N–H and O–H groups in total. The minimum atomic E-state index is -0.259. The van der Waals surface area contributed by atoms with Gasteiger partial charge in [-0.3, -0.25) is 15.0 Å². The van der Waals surface area contributed by atoms with Gasteiger partial charge in [0, 0.05) is 35.8 Å². The van der Waals surface area contributed by atoms with E-state index in [4.69, 9.17) is 14.9 Å². The first-order valence-corrected chi connectivity index (χ1v) is 13.9. The van der Waals surface area contributed by atoms with Crippen LogP contribution in [0.25, 0.3) is 0 Å². The Morgan fingerprint density at radius 2 is 2.00 bits per heavy atom. The van der Waals surface area contributed by atoms with Gasteiger partial charge in [0.1, 0.15) is 29.6 Å². The first kappa shape index (κ1) is 28.1. The van der Waals surface area contributed by atoms with E-state index in [0.29, 0.717) is 49.7 Å². The molecule has 0 atom stereocenters. The van der Waals surface area contributed by atoms with E-state index in [0.717, 1.165) is 33.8 Å². The minimum absolute atomic E-state index is 0.0504. The number of aromatic amines is 1. The monoisotopic (exact) mass is 559 g/mol. The Balaban J connectivity index is 1.43. The van der Waals surface area contributed by atoms with E-state index in [-0.39, 0.29) is 35.9 Å². The molecule has 11 nitrogen and oxygen atoms in total. The molecule has 0 unspecified atom stereocenters. The summed E-state index contributed by atoms with van der Waals surface area (Å²) < 4.78 is 12.0. The third-order valence-electron chi connectivity index (χ3n) is 7.45. The Hall–Kier alpha value is -4.41. The standard InChI is InChI=1S/C30H37N7O4/c1-6-40-26-12-20-15-37(29(31)22(20)9-19(26)13-27(39)32-5)17-25(38)18-10-23(30(2,3)4)28-24(11-18)36(7-8-41-28)16-21-14-33-35-34-21/h9-12,14,31H,6-8,13,15-17H2,1-5H3,(H,32,39)(H,33,34,35). The first-order valence-electron chi connectivity index (χ1n) is 13.9. The zero-order valence-corrected chi connectivity index (χ0v) is 24.3. The maximum Gasteiger partial charge on any atom is 0.224 e. The molecule has 5 rings (SSSR count). The zero-order chi connectivity index (χ0) is 29.3. The number of fused-ring (bicyclic) bond motifs is 2. The Morgan fingerprint density at radius 3 is 2.68 bits per heavy atom. The third-order valence-corrected chi connectivity index (χ3v) is 7.45. The van der Waals surface area contributed by atoms with Crippen LogP contribution in [0.4, 0.5) is 5.69 Å². The Morgan fingerprint density at radius 1 is 1.20 bits per heavy atom. The number of likely N-dealkylation sites (N-methyl/N-ethyl adjacent to an activating group) is 1. The molecule has 0 spiro atoms. The molecule has 1 amide bonds. The van der Waals surface area contributed by atoms with E-state index in [9.17, 15) is 9.59 Å². The van der Waals surface area contributed by atoms with Crippen LogP contribution in [0.1, 0.15) is 66.0 Å². The van der Waals surface area contributed by atoms with E-state index in [1.807, 2.05) is 31.2 Å². The van der Waals surface area contributed by atoms with Gasteiger partial charge in [0.25, 0.3) is 0 Å². The molecule has 0 fully saturated rings. The third kappa shape index (κ3) is 5.75. The number of ketones is 1. The number of nitrogens with one attached hydrogen (secondary N) is 3. The number of amidine groups is 1. The number of H-pyrrole nitrogens is 1. The van der Waals surface area contributed by atoms with Crippen molar-refractivity contribution in [2.24, 2.45) is 0 Å². The van der Waals surface area contributed by atoms with Crippen molar-refractivity contribution in [3.8, 4) is 11.5 Å². The fourth-order valence-corrected chi connectivity index (χ4v) is 5.32. The summed E-state index contributed by atoms with van der Waals surface area (Å²) in [6.45, 7) is 10.9. The summed E-state index contributed by atoms with van der Waals surface area (Å²) in [6.07, 6.45) is 1.85. The molecule has 0 saturated heterocycles. The van der Waals surface area contributed by atoms with E-state index in [2.05, 4.69) is 46.4 Å². The van der Waals surface area contributed by atoms with Crippen molar-refractivity contribution >= 4 is 23.2 Å². The topological polar surface area (TPSA) is 137 Å². The lowest BCUT2D eigenvalue weighted by molar-refractivity contribution is -0.119. The largest absolute Gasteiger partial charge is 0.494 e. The molecule has 0 radical (unpaired) electrons. The zero-order valence-electron chi connectivity index (χ0n) is 24.3. The lowest BCUT2D eigenvalue weighted by Crippen LogP contribution is -2.34. The number of anilines is 1. The van der Waals surface area contributed by atoms with E-state index >= 15 is 0 Å². The van der Waals surface area contributed by atoms with E-state index < -0.39 is 0 Å². The Bertz CT molecular complexity index is 1480. The summed E-state index contributed by atoms with van der Waals surface area (Å²) in [6, 6.07) is 7.57. The molecular weight excluding hydrogens is 522 g/mol. The average Bonchev–Trinajstić information content (AvgIpc) is 3.55. The summed E-state index contributed by atoms with van der Waals surface area (Å²) in [5.74, 6) is 1.47. The molecule has 216 valence electrons. The second-order valence-electron chi connectivity index (χ2n) is 11.4. The maximum absolute atomic E-state index is 13.8. The summed E-state index contributed by atoms with van der Waals surface area (Å²) >= 11 is 0. The Labute approximate surface area is 239 Å². The number of rotatable bonds is 9. The summed E-state index contributed by atoms with van der Waals surface area (Å²) in [4.78, 5) is 29.8.